The van der Waals surface area contributed by atoms with Crippen molar-refractivity contribution >= 4 is 40.7 Å². The Labute approximate surface area is 285 Å². The predicted octanol–water partition coefficient (Wildman–Crippen LogP) is 10.5. The van der Waals surface area contributed by atoms with Crippen molar-refractivity contribution in [1.82, 2.24) is 9.32 Å². The van der Waals surface area contributed by atoms with E-state index in [9.17, 15) is 5.11 Å². The van der Waals surface area contributed by atoms with Gasteiger partial charge in [0, 0.05) is 29.0 Å². The monoisotopic (exact) mass is 672 g/mol. The van der Waals surface area contributed by atoms with Gasteiger partial charge in [0.15, 0.2) is 8.96 Å². The lowest BCUT2D eigenvalue weighted by Crippen LogP contribution is -1.89. The number of rotatable bonds is 4. The molecule has 48 heavy (non-hydrogen) atoms. The van der Waals surface area contributed by atoms with Crippen molar-refractivity contribution in [3.05, 3.63) is 182 Å². The highest BCUT2D eigenvalue weighted by atomic mass is 31.1. The number of nitrogens with zero attached hydrogens (tertiary/aromatic N) is 1. The molecular weight excluding hydrogens is 634 g/mol. The van der Waals surface area contributed by atoms with Gasteiger partial charge in [-0.1, -0.05) is 109 Å². The number of benzene rings is 6. The highest BCUT2D eigenvalue weighted by Gasteiger charge is 2.10. The summed E-state index contributed by atoms with van der Waals surface area (Å²) in [6, 6.07) is 53.1. The molecule has 0 aliphatic rings. The first-order valence-corrected chi connectivity index (χ1v) is 15.8. The molecule has 0 saturated heterocycles. The maximum atomic E-state index is 10.1. The number of para-hydroxylation sites is 6. The van der Waals surface area contributed by atoms with Crippen LogP contribution in [0.4, 0.5) is 0 Å². The van der Waals surface area contributed by atoms with E-state index >= 15 is 0 Å². The average molecular weight is 673 g/mol. The third-order valence-corrected chi connectivity index (χ3v) is 7.81. The van der Waals surface area contributed by atoms with Gasteiger partial charge in [0.2, 0.25) is 0 Å². The van der Waals surface area contributed by atoms with Crippen molar-refractivity contribution in [2.24, 2.45) is 0 Å². The van der Waals surface area contributed by atoms with Gasteiger partial charge in [-0.3, -0.25) is 4.34 Å². The van der Waals surface area contributed by atoms with E-state index in [2.05, 4.69) is 45.7 Å². The van der Waals surface area contributed by atoms with Gasteiger partial charge in [0.25, 0.3) is 0 Å². The van der Waals surface area contributed by atoms with Crippen molar-refractivity contribution in [1.29, 1.82) is 0 Å². The zero-order valence-electron chi connectivity index (χ0n) is 26.2. The van der Waals surface area contributed by atoms with E-state index in [1.807, 2.05) is 91.3 Å². The predicted molar refractivity (Wildman–Crippen MR) is 205 cm³/mol. The van der Waals surface area contributed by atoms with Gasteiger partial charge in [-0.25, -0.2) is 0 Å². The van der Waals surface area contributed by atoms with Crippen molar-refractivity contribution < 1.29 is 19.8 Å². The number of H-pyrrole nitrogens is 1. The number of aromatic nitrogens is 2. The Kier molecular flexibility index (Phi) is 13.7. The molecule has 242 valence electrons. The minimum absolute atomic E-state index is 0. The van der Waals surface area contributed by atoms with E-state index in [1.54, 1.807) is 54.6 Å². The van der Waals surface area contributed by atoms with Crippen LogP contribution in [0.5, 0.6) is 23.0 Å². The molecule has 8 aromatic rings. The molecule has 2 atom stereocenters. The Balaban J connectivity index is 0.000000176. The lowest BCUT2D eigenvalue weighted by atomic mass is 10.0. The third-order valence-electron chi connectivity index (χ3n) is 6.91. The number of hydrogen-bond acceptors (Lipinski definition) is 4. The van der Waals surface area contributed by atoms with Gasteiger partial charge in [0.05, 0.1) is 5.52 Å². The molecule has 0 bridgehead atoms. The molecule has 2 aromatic heterocycles. The van der Waals surface area contributed by atoms with Gasteiger partial charge >= 0.3 is 0 Å². The van der Waals surface area contributed by atoms with E-state index in [0.29, 0.717) is 11.5 Å². The molecule has 8 heteroatoms. The molecule has 4 N–H and O–H groups in total. The van der Waals surface area contributed by atoms with Crippen LogP contribution in [-0.4, -0.2) is 24.6 Å². The number of fused-ring (bicyclic) bond motifs is 2. The Morgan fingerprint density at radius 3 is 1.67 bits per heavy atom. The van der Waals surface area contributed by atoms with Crippen LogP contribution in [0, 0.1) is 0 Å². The zero-order valence-corrected chi connectivity index (χ0v) is 28.6. The van der Waals surface area contributed by atoms with Gasteiger partial charge in [-0.05, 0) is 71.4 Å². The fourth-order valence-electron chi connectivity index (χ4n) is 4.59. The first-order valence-electron chi connectivity index (χ1n) is 14.9. The summed E-state index contributed by atoms with van der Waals surface area (Å²) in [5.41, 5.74) is 4.02. The lowest BCUT2D eigenvalue weighted by Gasteiger charge is -2.13. The molecule has 0 fully saturated rings. The Morgan fingerprint density at radius 2 is 1.04 bits per heavy atom. The van der Waals surface area contributed by atoms with Gasteiger partial charge < -0.3 is 24.8 Å². The highest BCUT2D eigenvalue weighted by Crippen LogP contribution is 2.38. The molecule has 2 unspecified atom stereocenters. The summed E-state index contributed by atoms with van der Waals surface area (Å²) in [5.74, 6) is 1.66. The van der Waals surface area contributed by atoms with Crippen LogP contribution >= 0.6 is 18.9 Å². The van der Waals surface area contributed by atoms with Crippen LogP contribution in [0.3, 0.4) is 0 Å². The van der Waals surface area contributed by atoms with Crippen LogP contribution in [0.15, 0.2) is 182 Å². The first kappa shape index (κ1) is 35.3. The molecule has 6 aromatic carbocycles. The topological polar surface area (TPSA) is 90.6 Å². The van der Waals surface area contributed by atoms with Crippen LogP contribution in [0.2, 0.25) is 0 Å². The summed E-state index contributed by atoms with van der Waals surface area (Å²) >= 11 is 0. The van der Waals surface area contributed by atoms with E-state index in [1.165, 1.54) is 16.3 Å². The van der Waals surface area contributed by atoms with Gasteiger partial charge in [-0.15, -0.1) is 0 Å². The second-order valence-corrected chi connectivity index (χ2v) is 11.1. The molecular formula is C40H38N2O4P2. The van der Waals surface area contributed by atoms with E-state index in [0.717, 1.165) is 22.4 Å². The molecule has 2 heterocycles. The number of nitrogens with one attached hydrogen (secondary N) is 1. The summed E-state index contributed by atoms with van der Waals surface area (Å²) in [4.78, 5) is 3.12. The number of hydrogen-bond donors (Lipinski definition) is 4. The highest BCUT2D eigenvalue weighted by molar-refractivity contribution is 7.31. The molecule has 0 radical (unpaired) electrons. The second kappa shape index (κ2) is 18.6. The van der Waals surface area contributed by atoms with Crippen LogP contribution < -0.4 is 4.52 Å². The fourth-order valence-corrected chi connectivity index (χ4v) is 5.40. The SMILES string of the molecule is Oc1ccccc1.Oc1ccccc1.Oc1ccccc1-c1ccccc1OPn1ccc2ccccc21.P.c1ccc2[nH]ccc2c1. The maximum Gasteiger partial charge on any atom is 0.181 e. The summed E-state index contributed by atoms with van der Waals surface area (Å²) in [6.07, 6.45) is 3.98. The minimum atomic E-state index is 0. The normalized spacial score (nSPS) is 10.1. The van der Waals surface area contributed by atoms with Crippen molar-refractivity contribution in [2.45, 2.75) is 0 Å². The van der Waals surface area contributed by atoms with Crippen LogP contribution in [-0.2, 0) is 0 Å². The molecule has 0 aliphatic carbocycles. The van der Waals surface area contributed by atoms with Crippen LogP contribution in [0.25, 0.3) is 32.9 Å². The molecule has 0 amide bonds. The van der Waals surface area contributed by atoms with Crippen molar-refractivity contribution in [3.8, 4) is 34.1 Å². The first-order chi connectivity index (χ1) is 23.1. The summed E-state index contributed by atoms with van der Waals surface area (Å²) < 4.78 is 8.17. The Hall–Kier alpha value is -5.54. The largest absolute Gasteiger partial charge is 0.508 e. The van der Waals surface area contributed by atoms with Gasteiger partial charge in [-0.2, -0.15) is 9.90 Å². The lowest BCUT2D eigenvalue weighted by molar-refractivity contribution is 0.475. The van der Waals surface area contributed by atoms with E-state index < -0.39 is 0 Å². The standard InChI is InChI=1S/C20H16NO2P.C8H7N.2C6H6O.H3P/c22-19-11-5-2-8-16(19)17-9-3-6-12-20(17)23-24-21-14-13-15-7-1-4-10-18(15)21;1-2-4-8-7(3-1)5-6-9-8;2*7-6-4-2-1-3-5-6;/h1-14,22,24H;1-6,9H;2*1-5,7H;1H3. The fraction of sp³-hybridized carbons (Fsp3) is 0. The molecule has 0 spiro atoms. The smallest absolute Gasteiger partial charge is 0.181 e. The second-order valence-electron chi connectivity index (χ2n) is 10.2. The molecule has 8 rings (SSSR count). The van der Waals surface area contributed by atoms with Crippen molar-refractivity contribution in [2.75, 3.05) is 0 Å². The zero-order chi connectivity index (χ0) is 32.7. The molecule has 6 nitrogen and oxygen atoms in total. The third kappa shape index (κ3) is 10.2. The molecule has 0 saturated carbocycles. The Morgan fingerprint density at radius 1 is 0.500 bits per heavy atom. The summed E-state index contributed by atoms with van der Waals surface area (Å²) in [7, 11) is 0.133. The van der Waals surface area contributed by atoms with Crippen molar-refractivity contribution in [3.63, 3.8) is 0 Å². The number of phenolic OH excluding ortho intramolecular Hbond substituents is 3. The number of aromatic amines is 1. The quantitative estimate of drug-likeness (QED) is 0.140. The average Bonchev–Trinajstić information content (AvgIpc) is 3.77. The summed E-state index contributed by atoms with van der Waals surface area (Å²) in [5, 5.41) is 29.9. The molecule has 0 aliphatic heterocycles. The maximum absolute atomic E-state index is 10.1. The Bertz CT molecular complexity index is 2030. The van der Waals surface area contributed by atoms with E-state index in [4.69, 9.17) is 14.7 Å². The van der Waals surface area contributed by atoms with Gasteiger partial charge in [0.1, 0.15) is 23.0 Å². The minimum Gasteiger partial charge on any atom is -0.508 e. The van der Waals surface area contributed by atoms with E-state index in [-0.39, 0.29) is 24.6 Å². The number of phenols is 3. The number of aromatic hydroxyl groups is 3. The summed E-state index contributed by atoms with van der Waals surface area (Å²) in [6.45, 7) is 0. The van der Waals surface area contributed by atoms with Crippen LogP contribution in [0.1, 0.15) is 0 Å².